The van der Waals surface area contributed by atoms with E-state index in [1.54, 1.807) is 24.3 Å². The molecule has 3 N–H and O–H groups in total. The normalized spacial score (nSPS) is 17.9. The smallest absolute Gasteiger partial charge is 0.325 e. The molecule has 0 radical (unpaired) electrons. The van der Waals surface area contributed by atoms with Gasteiger partial charge in [-0.2, -0.15) is 0 Å². The van der Waals surface area contributed by atoms with Gasteiger partial charge in [-0.1, -0.05) is 25.0 Å². The summed E-state index contributed by atoms with van der Waals surface area (Å²) in [5.41, 5.74) is 0.0959. The number of para-hydroxylation sites is 1. The number of hydrogen-bond donors (Lipinski definition) is 3. The summed E-state index contributed by atoms with van der Waals surface area (Å²) in [6.45, 7) is 0.205. The van der Waals surface area contributed by atoms with E-state index in [0.717, 1.165) is 12.8 Å². The molecular weight excluding hydrogens is 348 g/mol. The average Bonchev–Trinajstić information content (AvgIpc) is 3.22. The van der Waals surface area contributed by atoms with Crippen LogP contribution in [0.1, 0.15) is 48.9 Å². The molecule has 8 nitrogen and oxygen atoms in total. The van der Waals surface area contributed by atoms with Crippen LogP contribution in [0.5, 0.6) is 0 Å². The topological polar surface area (TPSA) is 108 Å². The Labute approximate surface area is 157 Å². The molecule has 1 saturated carbocycles. The zero-order chi connectivity index (χ0) is 19.4. The number of nitrogens with zero attached hydrogens (tertiary/aromatic N) is 1. The summed E-state index contributed by atoms with van der Waals surface area (Å²) >= 11 is 0. The van der Waals surface area contributed by atoms with E-state index in [1.165, 1.54) is 11.9 Å². The Morgan fingerprint density at radius 1 is 1.19 bits per heavy atom. The summed E-state index contributed by atoms with van der Waals surface area (Å²) in [5, 5.41) is 8.07. The van der Waals surface area contributed by atoms with Crippen LogP contribution in [0.15, 0.2) is 24.3 Å². The van der Waals surface area contributed by atoms with Crippen LogP contribution in [-0.2, 0) is 9.59 Å². The molecule has 2 aliphatic rings. The van der Waals surface area contributed by atoms with Crippen LogP contribution in [0.3, 0.4) is 0 Å². The number of carbonyl (C=O) groups excluding carboxylic acids is 4. The zero-order valence-corrected chi connectivity index (χ0v) is 15.3. The van der Waals surface area contributed by atoms with E-state index < -0.39 is 5.54 Å². The summed E-state index contributed by atoms with van der Waals surface area (Å²) in [6, 6.07) is 6.37. The van der Waals surface area contributed by atoms with Gasteiger partial charge in [0.05, 0.1) is 11.3 Å². The first-order valence-corrected chi connectivity index (χ1v) is 9.22. The first kappa shape index (κ1) is 18.9. The second-order valence-electron chi connectivity index (χ2n) is 6.95. The predicted octanol–water partition coefficient (Wildman–Crippen LogP) is 1.63. The fraction of sp³-hybridized carbons (Fsp3) is 0.474. The third-order valence-corrected chi connectivity index (χ3v) is 5.16. The van der Waals surface area contributed by atoms with Gasteiger partial charge >= 0.3 is 6.03 Å². The van der Waals surface area contributed by atoms with Gasteiger partial charge in [-0.25, -0.2) is 4.79 Å². The van der Waals surface area contributed by atoms with E-state index in [4.69, 9.17) is 0 Å². The van der Waals surface area contributed by atoms with Crippen molar-refractivity contribution in [2.45, 2.75) is 44.1 Å². The molecule has 5 amide bonds. The molecule has 1 aliphatic heterocycles. The van der Waals surface area contributed by atoms with Gasteiger partial charge in [0.25, 0.3) is 11.8 Å². The molecule has 27 heavy (non-hydrogen) atoms. The lowest BCUT2D eigenvalue weighted by Gasteiger charge is -2.20. The van der Waals surface area contributed by atoms with Crippen LogP contribution >= 0.6 is 0 Å². The van der Waals surface area contributed by atoms with Crippen LogP contribution < -0.4 is 16.0 Å². The molecule has 3 rings (SSSR count). The number of amides is 5. The summed E-state index contributed by atoms with van der Waals surface area (Å²) in [6.07, 6.45) is 3.76. The van der Waals surface area contributed by atoms with E-state index in [0.29, 0.717) is 30.5 Å². The highest BCUT2D eigenvalue weighted by Crippen LogP contribution is 2.35. The van der Waals surface area contributed by atoms with Crippen LogP contribution in [-0.4, -0.2) is 47.8 Å². The zero-order valence-electron chi connectivity index (χ0n) is 15.3. The molecule has 0 bridgehead atoms. The van der Waals surface area contributed by atoms with Crippen LogP contribution in [0.4, 0.5) is 10.5 Å². The summed E-state index contributed by atoms with van der Waals surface area (Å²) in [7, 11) is 1.52. The van der Waals surface area contributed by atoms with Crippen molar-refractivity contribution in [2.75, 3.05) is 18.9 Å². The van der Waals surface area contributed by atoms with Crippen LogP contribution in [0.25, 0.3) is 0 Å². The quantitative estimate of drug-likeness (QED) is 0.660. The molecule has 1 heterocycles. The number of benzene rings is 1. The maximum Gasteiger partial charge on any atom is 0.325 e. The fourth-order valence-electron chi connectivity index (χ4n) is 3.73. The van der Waals surface area contributed by atoms with Crippen molar-refractivity contribution in [3.05, 3.63) is 29.8 Å². The Hall–Kier alpha value is -2.90. The van der Waals surface area contributed by atoms with Gasteiger partial charge in [0.1, 0.15) is 5.54 Å². The maximum atomic E-state index is 12.6. The molecule has 0 aromatic heterocycles. The summed E-state index contributed by atoms with van der Waals surface area (Å²) in [5.74, 6) is -0.726. The molecule has 1 aromatic carbocycles. The SMILES string of the molecule is CNC(=O)c1ccccc1NC(=O)CCCN1C(=O)NC2(CCCC2)C1=O. The Balaban J connectivity index is 1.53. The number of nitrogens with one attached hydrogen (secondary N) is 3. The minimum atomic E-state index is -0.716. The van der Waals surface area contributed by atoms with E-state index in [1.807, 2.05) is 0 Å². The lowest BCUT2D eigenvalue weighted by atomic mass is 9.98. The van der Waals surface area contributed by atoms with Crippen molar-refractivity contribution >= 4 is 29.4 Å². The van der Waals surface area contributed by atoms with Gasteiger partial charge in [0.15, 0.2) is 0 Å². The predicted molar refractivity (Wildman–Crippen MR) is 99.1 cm³/mol. The summed E-state index contributed by atoms with van der Waals surface area (Å²) < 4.78 is 0. The van der Waals surface area contributed by atoms with Gasteiger partial charge in [-0.15, -0.1) is 0 Å². The highest BCUT2D eigenvalue weighted by molar-refractivity contribution is 6.07. The molecule has 2 fully saturated rings. The van der Waals surface area contributed by atoms with Gasteiger partial charge < -0.3 is 16.0 Å². The standard InChI is InChI=1S/C19H24N4O4/c1-20-16(25)13-7-2-3-8-14(13)21-15(24)9-6-12-23-17(26)19(22-18(23)27)10-4-5-11-19/h2-3,7-8H,4-6,9-12H2,1H3,(H,20,25)(H,21,24)(H,22,27). The largest absolute Gasteiger partial charge is 0.355 e. The second-order valence-corrected chi connectivity index (χ2v) is 6.95. The van der Waals surface area contributed by atoms with Crippen molar-refractivity contribution in [1.82, 2.24) is 15.5 Å². The number of rotatable bonds is 6. The highest BCUT2D eigenvalue weighted by Gasteiger charge is 2.51. The third-order valence-electron chi connectivity index (χ3n) is 5.16. The second kappa shape index (κ2) is 7.77. The van der Waals surface area contributed by atoms with Crippen molar-refractivity contribution in [1.29, 1.82) is 0 Å². The summed E-state index contributed by atoms with van der Waals surface area (Å²) in [4.78, 5) is 50.0. The Morgan fingerprint density at radius 2 is 1.89 bits per heavy atom. The molecular formula is C19H24N4O4. The first-order chi connectivity index (χ1) is 13.0. The number of hydrogen-bond acceptors (Lipinski definition) is 4. The molecule has 1 aliphatic carbocycles. The monoisotopic (exact) mass is 372 g/mol. The van der Waals surface area contributed by atoms with Gasteiger partial charge in [-0.05, 0) is 31.4 Å². The Kier molecular flexibility index (Phi) is 5.43. The molecule has 0 atom stereocenters. The highest BCUT2D eigenvalue weighted by atomic mass is 16.2. The molecule has 1 spiro atoms. The number of anilines is 1. The van der Waals surface area contributed by atoms with Crippen molar-refractivity contribution in [2.24, 2.45) is 0 Å². The third kappa shape index (κ3) is 3.79. The molecule has 144 valence electrons. The van der Waals surface area contributed by atoms with Crippen LogP contribution in [0, 0.1) is 0 Å². The minimum Gasteiger partial charge on any atom is -0.355 e. The first-order valence-electron chi connectivity index (χ1n) is 9.22. The van der Waals surface area contributed by atoms with Crippen molar-refractivity contribution in [3.63, 3.8) is 0 Å². The maximum absolute atomic E-state index is 12.6. The van der Waals surface area contributed by atoms with Gasteiger partial charge in [0, 0.05) is 20.0 Å². The van der Waals surface area contributed by atoms with E-state index >= 15 is 0 Å². The number of urea groups is 1. The lowest BCUT2D eigenvalue weighted by molar-refractivity contribution is -0.131. The van der Waals surface area contributed by atoms with E-state index in [9.17, 15) is 19.2 Å². The Morgan fingerprint density at radius 3 is 2.59 bits per heavy atom. The molecule has 0 unspecified atom stereocenters. The Bertz CT molecular complexity index is 771. The van der Waals surface area contributed by atoms with E-state index in [2.05, 4.69) is 16.0 Å². The number of imide groups is 1. The molecule has 1 aromatic rings. The van der Waals surface area contributed by atoms with Crippen molar-refractivity contribution in [3.8, 4) is 0 Å². The average molecular weight is 372 g/mol. The number of carbonyl (C=O) groups is 4. The van der Waals surface area contributed by atoms with Gasteiger partial charge in [0.2, 0.25) is 5.91 Å². The molecule has 1 saturated heterocycles. The molecule has 8 heteroatoms. The fourth-order valence-corrected chi connectivity index (χ4v) is 3.73. The van der Waals surface area contributed by atoms with Crippen molar-refractivity contribution < 1.29 is 19.2 Å². The van der Waals surface area contributed by atoms with Gasteiger partial charge in [-0.3, -0.25) is 19.3 Å². The lowest BCUT2D eigenvalue weighted by Crippen LogP contribution is -2.44. The van der Waals surface area contributed by atoms with Crippen LogP contribution in [0.2, 0.25) is 0 Å². The van der Waals surface area contributed by atoms with E-state index in [-0.39, 0.29) is 36.7 Å². The minimum absolute atomic E-state index is 0.145.